The Hall–Kier alpha value is -1.88. The van der Waals surface area contributed by atoms with Gasteiger partial charge in [0.15, 0.2) is 11.5 Å². The number of nitrogens with zero attached hydrogens (tertiary/aromatic N) is 2. The van der Waals surface area contributed by atoms with Gasteiger partial charge in [0.05, 0.1) is 0 Å². The third-order valence-corrected chi connectivity index (χ3v) is 3.03. The minimum absolute atomic E-state index is 0.0193. The number of aromatic nitrogens is 2. The van der Waals surface area contributed by atoms with Crippen molar-refractivity contribution in [2.45, 2.75) is 11.9 Å². The van der Waals surface area contributed by atoms with Crippen molar-refractivity contribution in [2.75, 3.05) is 6.26 Å². The van der Waals surface area contributed by atoms with Crippen LogP contribution in [0.5, 0.6) is 0 Å². The second kappa shape index (κ2) is 5.18. The molecule has 1 N–H and O–H groups in total. The predicted octanol–water partition coefficient (Wildman–Crippen LogP) is 2.87. The summed E-state index contributed by atoms with van der Waals surface area (Å²) in [5.41, 5.74) is 1.93. The normalized spacial score (nSPS) is 10.3. The summed E-state index contributed by atoms with van der Waals surface area (Å²) in [6.45, 7) is 1.97. The highest BCUT2D eigenvalue weighted by atomic mass is 32.2. The average Bonchev–Trinajstić information content (AvgIpc) is 2.38. The van der Waals surface area contributed by atoms with E-state index in [1.54, 1.807) is 0 Å². The summed E-state index contributed by atoms with van der Waals surface area (Å²) in [6, 6.07) is 9.16. The molecule has 0 spiro atoms. The summed E-state index contributed by atoms with van der Waals surface area (Å²) in [6.07, 6.45) is 1.86. The number of hydrogen-bond donors (Lipinski definition) is 1. The first-order valence-corrected chi connectivity index (χ1v) is 6.56. The highest BCUT2D eigenvalue weighted by Crippen LogP contribution is 2.21. The minimum Gasteiger partial charge on any atom is -0.477 e. The van der Waals surface area contributed by atoms with Crippen LogP contribution in [-0.2, 0) is 0 Å². The lowest BCUT2D eigenvalue weighted by molar-refractivity contribution is 0.0690. The Bertz CT molecular complexity index is 599. The summed E-state index contributed by atoms with van der Waals surface area (Å²) < 4.78 is 0. The molecule has 1 aromatic heterocycles. The van der Waals surface area contributed by atoms with E-state index in [4.69, 9.17) is 5.11 Å². The second-order valence-corrected chi connectivity index (χ2v) is 4.62. The summed E-state index contributed by atoms with van der Waals surface area (Å²) >= 11 is 1.40. The Balaban J connectivity index is 2.56. The van der Waals surface area contributed by atoms with Gasteiger partial charge in [0.1, 0.15) is 5.03 Å². The van der Waals surface area contributed by atoms with Gasteiger partial charge < -0.3 is 5.11 Å². The Labute approximate surface area is 109 Å². The van der Waals surface area contributed by atoms with Gasteiger partial charge in [0, 0.05) is 11.6 Å². The zero-order chi connectivity index (χ0) is 13.1. The van der Waals surface area contributed by atoms with Crippen molar-refractivity contribution >= 4 is 17.7 Å². The molecule has 0 fully saturated rings. The molecule has 0 saturated carbocycles. The van der Waals surface area contributed by atoms with E-state index in [0.29, 0.717) is 10.9 Å². The van der Waals surface area contributed by atoms with Gasteiger partial charge in [-0.25, -0.2) is 14.8 Å². The van der Waals surface area contributed by atoms with Crippen LogP contribution in [-0.4, -0.2) is 27.3 Å². The zero-order valence-electron chi connectivity index (χ0n) is 10.0. The summed E-state index contributed by atoms with van der Waals surface area (Å²) in [4.78, 5) is 19.4. The third kappa shape index (κ3) is 2.68. The molecule has 0 saturated heterocycles. The molecule has 92 valence electrons. The van der Waals surface area contributed by atoms with Gasteiger partial charge in [0.2, 0.25) is 0 Å². The predicted molar refractivity (Wildman–Crippen MR) is 70.9 cm³/mol. The molecule has 0 aliphatic rings. The molecule has 4 nitrogen and oxygen atoms in total. The van der Waals surface area contributed by atoms with Crippen molar-refractivity contribution in [3.05, 3.63) is 41.6 Å². The van der Waals surface area contributed by atoms with E-state index in [9.17, 15) is 4.79 Å². The van der Waals surface area contributed by atoms with E-state index in [2.05, 4.69) is 9.97 Å². The lowest BCUT2D eigenvalue weighted by Gasteiger charge is -2.05. The maximum atomic E-state index is 11.0. The van der Waals surface area contributed by atoms with Crippen LogP contribution in [0.15, 0.2) is 35.4 Å². The Morgan fingerprint density at radius 2 is 2.06 bits per heavy atom. The molecule has 0 aliphatic heterocycles. The molecule has 5 heteroatoms. The van der Waals surface area contributed by atoms with Crippen LogP contribution in [0.25, 0.3) is 11.4 Å². The van der Waals surface area contributed by atoms with Gasteiger partial charge in [0.25, 0.3) is 0 Å². The SMILES string of the molecule is CSc1cc(C(=O)O)nc(-c2cccc(C)c2)n1. The van der Waals surface area contributed by atoms with Crippen LogP contribution in [0, 0.1) is 6.92 Å². The number of thioether (sulfide) groups is 1. The van der Waals surface area contributed by atoms with Crippen LogP contribution >= 0.6 is 11.8 Å². The van der Waals surface area contributed by atoms with Crippen molar-refractivity contribution in [3.8, 4) is 11.4 Å². The van der Waals surface area contributed by atoms with Gasteiger partial charge in [-0.3, -0.25) is 0 Å². The van der Waals surface area contributed by atoms with E-state index in [0.717, 1.165) is 11.1 Å². The van der Waals surface area contributed by atoms with Crippen LogP contribution in [0.2, 0.25) is 0 Å². The van der Waals surface area contributed by atoms with E-state index < -0.39 is 5.97 Å². The summed E-state index contributed by atoms with van der Waals surface area (Å²) in [5.74, 6) is -0.593. The maximum Gasteiger partial charge on any atom is 0.354 e. The molecule has 2 rings (SSSR count). The van der Waals surface area contributed by atoms with Crippen LogP contribution in [0.1, 0.15) is 16.1 Å². The molecule has 0 bridgehead atoms. The van der Waals surface area contributed by atoms with Crippen molar-refractivity contribution in [1.29, 1.82) is 0 Å². The molecular weight excluding hydrogens is 248 g/mol. The zero-order valence-corrected chi connectivity index (χ0v) is 10.9. The Kier molecular flexibility index (Phi) is 3.62. The molecule has 0 radical (unpaired) electrons. The van der Waals surface area contributed by atoms with Crippen molar-refractivity contribution < 1.29 is 9.90 Å². The standard InChI is InChI=1S/C13H12N2O2S/c1-8-4-3-5-9(6-8)12-14-10(13(16)17)7-11(15-12)18-2/h3-7H,1-2H3,(H,16,17). The molecule has 0 unspecified atom stereocenters. The van der Waals surface area contributed by atoms with Crippen molar-refractivity contribution in [3.63, 3.8) is 0 Å². The number of hydrogen-bond acceptors (Lipinski definition) is 4. The quantitative estimate of drug-likeness (QED) is 0.679. The highest BCUT2D eigenvalue weighted by Gasteiger charge is 2.11. The topological polar surface area (TPSA) is 63.1 Å². The van der Waals surface area contributed by atoms with Gasteiger partial charge in [-0.1, -0.05) is 23.8 Å². The lowest BCUT2D eigenvalue weighted by Crippen LogP contribution is -2.04. The molecular formula is C13H12N2O2S. The summed E-state index contributed by atoms with van der Waals surface area (Å²) in [5, 5.41) is 9.68. The van der Waals surface area contributed by atoms with E-state index >= 15 is 0 Å². The van der Waals surface area contributed by atoms with Gasteiger partial charge in [-0.15, -0.1) is 11.8 Å². The van der Waals surface area contributed by atoms with Gasteiger partial charge >= 0.3 is 5.97 Å². The smallest absolute Gasteiger partial charge is 0.354 e. The fraction of sp³-hybridized carbons (Fsp3) is 0.154. The second-order valence-electron chi connectivity index (χ2n) is 3.79. The molecule has 0 atom stereocenters. The van der Waals surface area contributed by atoms with Gasteiger partial charge in [-0.05, 0) is 19.2 Å². The van der Waals surface area contributed by atoms with Crippen molar-refractivity contribution in [2.24, 2.45) is 0 Å². The van der Waals surface area contributed by atoms with Crippen molar-refractivity contribution in [1.82, 2.24) is 9.97 Å². The number of benzene rings is 1. The van der Waals surface area contributed by atoms with Gasteiger partial charge in [-0.2, -0.15) is 0 Å². The molecule has 1 heterocycles. The van der Waals surface area contributed by atoms with E-state index in [-0.39, 0.29) is 5.69 Å². The number of carboxylic acid groups (broad SMARTS) is 1. The number of carboxylic acids is 1. The first-order chi connectivity index (χ1) is 8.60. The fourth-order valence-electron chi connectivity index (χ4n) is 1.55. The highest BCUT2D eigenvalue weighted by molar-refractivity contribution is 7.98. The van der Waals surface area contributed by atoms with E-state index in [1.807, 2.05) is 37.4 Å². The molecule has 0 aliphatic carbocycles. The molecule has 0 amide bonds. The lowest BCUT2D eigenvalue weighted by atomic mass is 10.1. The number of carbonyl (C=O) groups is 1. The monoisotopic (exact) mass is 260 g/mol. The van der Waals surface area contributed by atoms with E-state index in [1.165, 1.54) is 17.8 Å². The number of rotatable bonds is 3. The Morgan fingerprint density at radius 1 is 1.28 bits per heavy atom. The average molecular weight is 260 g/mol. The minimum atomic E-state index is -1.04. The molecule has 18 heavy (non-hydrogen) atoms. The first-order valence-electron chi connectivity index (χ1n) is 5.33. The first kappa shape index (κ1) is 12.6. The van der Waals surface area contributed by atoms with Crippen LogP contribution in [0.4, 0.5) is 0 Å². The number of aryl methyl sites for hydroxylation is 1. The fourth-order valence-corrected chi connectivity index (χ4v) is 1.96. The Morgan fingerprint density at radius 3 is 2.67 bits per heavy atom. The number of aromatic carboxylic acids is 1. The van der Waals surface area contributed by atoms with Crippen LogP contribution in [0.3, 0.4) is 0 Å². The third-order valence-electron chi connectivity index (χ3n) is 2.41. The maximum absolute atomic E-state index is 11.0. The van der Waals surface area contributed by atoms with Crippen LogP contribution < -0.4 is 0 Å². The molecule has 1 aromatic carbocycles. The summed E-state index contributed by atoms with van der Waals surface area (Å²) in [7, 11) is 0. The molecule has 2 aromatic rings. The largest absolute Gasteiger partial charge is 0.477 e.